The van der Waals surface area contributed by atoms with E-state index in [0.717, 1.165) is 17.8 Å². The van der Waals surface area contributed by atoms with Gasteiger partial charge in [-0.25, -0.2) is 13.1 Å². The van der Waals surface area contributed by atoms with Gasteiger partial charge in [-0.1, -0.05) is 0 Å². The van der Waals surface area contributed by atoms with E-state index in [1.165, 1.54) is 10.4 Å². The van der Waals surface area contributed by atoms with E-state index in [4.69, 9.17) is 0 Å². The second-order valence-electron chi connectivity index (χ2n) is 4.40. The molecular weight excluding hydrogens is 268 g/mol. The van der Waals surface area contributed by atoms with Crippen molar-refractivity contribution in [3.63, 3.8) is 0 Å². The van der Waals surface area contributed by atoms with Gasteiger partial charge in [-0.15, -0.1) is 11.3 Å². The third kappa shape index (κ3) is 5.48. The second-order valence-corrected chi connectivity index (χ2v) is 7.67. The van der Waals surface area contributed by atoms with E-state index in [1.807, 2.05) is 20.0 Å². The van der Waals surface area contributed by atoms with Crippen molar-refractivity contribution >= 4 is 21.4 Å². The Balaban J connectivity index is 2.37. The Bertz CT molecular complexity index is 447. The zero-order chi connectivity index (χ0) is 13.6. The molecule has 0 saturated carbocycles. The van der Waals surface area contributed by atoms with E-state index < -0.39 is 10.0 Å². The van der Waals surface area contributed by atoms with Gasteiger partial charge in [0.1, 0.15) is 0 Å². The fraction of sp³-hybridized carbons (Fsp3) is 0.667. The van der Waals surface area contributed by atoms with Gasteiger partial charge in [0.2, 0.25) is 10.0 Å². The van der Waals surface area contributed by atoms with Gasteiger partial charge in [-0.2, -0.15) is 0 Å². The largest absolute Gasteiger partial charge is 0.320 e. The first-order valence-corrected chi connectivity index (χ1v) is 8.59. The molecule has 0 spiro atoms. The van der Waals surface area contributed by atoms with Crippen LogP contribution in [0.15, 0.2) is 6.07 Å². The van der Waals surface area contributed by atoms with Crippen LogP contribution in [0, 0.1) is 13.8 Å². The van der Waals surface area contributed by atoms with E-state index in [-0.39, 0.29) is 5.75 Å². The molecule has 0 bridgehead atoms. The molecule has 1 aromatic rings. The first kappa shape index (κ1) is 15.6. The predicted molar refractivity (Wildman–Crippen MR) is 77.6 cm³/mol. The van der Waals surface area contributed by atoms with Crippen LogP contribution >= 0.6 is 11.3 Å². The minimum atomic E-state index is -3.13. The topological polar surface area (TPSA) is 58.2 Å². The molecule has 4 nitrogen and oxygen atoms in total. The Hall–Kier alpha value is -0.430. The minimum absolute atomic E-state index is 0.206. The van der Waals surface area contributed by atoms with Crippen molar-refractivity contribution in [2.24, 2.45) is 0 Å². The SMILES string of the molecule is CNCCCCS(=O)(=O)NCc1cc(C)c(C)s1. The summed E-state index contributed by atoms with van der Waals surface area (Å²) < 4.78 is 26.1. The molecule has 0 amide bonds. The van der Waals surface area contributed by atoms with E-state index in [1.54, 1.807) is 11.3 Å². The summed E-state index contributed by atoms with van der Waals surface area (Å²) in [5, 5.41) is 3.01. The van der Waals surface area contributed by atoms with Crippen LogP contribution in [0.2, 0.25) is 0 Å². The van der Waals surface area contributed by atoms with Gasteiger partial charge in [-0.05, 0) is 51.9 Å². The smallest absolute Gasteiger partial charge is 0.211 e. The maximum Gasteiger partial charge on any atom is 0.211 e. The van der Waals surface area contributed by atoms with Crippen LogP contribution in [-0.4, -0.2) is 27.8 Å². The summed E-state index contributed by atoms with van der Waals surface area (Å²) in [6, 6.07) is 2.05. The van der Waals surface area contributed by atoms with E-state index in [2.05, 4.69) is 17.0 Å². The third-order valence-corrected chi connectivity index (χ3v) is 5.34. The molecule has 1 aromatic heterocycles. The number of hydrogen-bond acceptors (Lipinski definition) is 4. The Kier molecular flexibility index (Phi) is 6.28. The molecule has 2 N–H and O–H groups in total. The van der Waals surface area contributed by atoms with Crippen LogP contribution in [0.1, 0.15) is 28.2 Å². The molecular formula is C12H22N2O2S2. The van der Waals surface area contributed by atoms with Gasteiger partial charge in [0.15, 0.2) is 0 Å². The Labute approximate surface area is 114 Å². The van der Waals surface area contributed by atoms with Gasteiger partial charge in [0, 0.05) is 16.3 Å². The lowest BCUT2D eigenvalue weighted by molar-refractivity contribution is 0.576. The van der Waals surface area contributed by atoms with Crippen molar-refractivity contribution in [2.75, 3.05) is 19.3 Å². The molecule has 1 rings (SSSR count). The van der Waals surface area contributed by atoms with Gasteiger partial charge in [0.25, 0.3) is 0 Å². The highest BCUT2D eigenvalue weighted by molar-refractivity contribution is 7.89. The molecule has 0 fully saturated rings. The first-order valence-electron chi connectivity index (χ1n) is 6.12. The monoisotopic (exact) mass is 290 g/mol. The molecule has 104 valence electrons. The predicted octanol–water partition coefficient (Wildman–Crippen LogP) is 1.78. The van der Waals surface area contributed by atoms with Crippen LogP contribution < -0.4 is 10.0 Å². The number of aryl methyl sites for hydroxylation is 2. The molecule has 6 heteroatoms. The lowest BCUT2D eigenvalue weighted by Crippen LogP contribution is -2.26. The van der Waals surface area contributed by atoms with Crippen molar-refractivity contribution in [3.8, 4) is 0 Å². The van der Waals surface area contributed by atoms with Crippen LogP contribution in [0.3, 0.4) is 0 Å². The molecule has 18 heavy (non-hydrogen) atoms. The van der Waals surface area contributed by atoms with Crippen molar-refractivity contribution in [1.29, 1.82) is 0 Å². The summed E-state index contributed by atoms with van der Waals surface area (Å²) in [5.74, 6) is 0.206. The zero-order valence-electron chi connectivity index (χ0n) is 11.2. The summed E-state index contributed by atoms with van der Waals surface area (Å²) in [5.41, 5.74) is 1.23. The molecule has 1 heterocycles. The van der Waals surface area contributed by atoms with Crippen LogP contribution in [0.25, 0.3) is 0 Å². The molecule has 0 aliphatic rings. The molecule has 0 saturated heterocycles. The number of thiophene rings is 1. The number of nitrogens with one attached hydrogen (secondary N) is 2. The van der Waals surface area contributed by atoms with Gasteiger partial charge >= 0.3 is 0 Å². The fourth-order valence-corrected chi connectivity index (χ4v) is 3.77. The highest BCUT2D eigenvalue weighted by Gasteiger charge is 2.10. The van der Waals surface area contributed by atoms with E-state index in [9.17, 15) is 8.42 Å². The first-order chi connectivity index (χ1) is 8.44. The van der Waals surface area contributed by atoms with Gasteiger partial charge in [0.05, 0.1) is 5.75 Å². The molecule has 0 aliphatic heterocycles. The number of rotatable bonds is 8. The summed E-state index contributed by atoms with van der Waals surface area (Å²) in [4.78, 5) is 2.32. The maximum atomic E-state index is 11.7. The minimum Gasteiger partial charge on any atom is -0.320 e. The Morgan fingerprint density at radius 3 is 2.56 bits per heavy atom. The van der Waals surface area contributed by atoms with Crippen molar-refractivity contribution < 1.29 is 8.42 Å². The van der Waals surface area contributed by atoms with E-state index >= 15 is 0 Å². The highest BCUT2D eigenvalue weighted by Crippen LogP contribution is 2.20. The average Bonchev–Trinajstić information content (AvgIpc) is 2.62. The second kappa shape index (κ2) is 7.23. The molecule has 0 aromatic carbocycles. The van der Waals surface area contributed by atoms with Crippen LogP contribution in [0.4, 0.5) is 0 Å². The van der Waals surface area contributed by atoms with Crippen LogP contribution in [-0.2, 0) is 16.6 Å². The number of unbranched alkanes of at least 4 members (excludes halogenated alkanes) is 1. The van der Waals surface area contributed by atoms with Gasteiger partial charge < -0.3 is 5.32 Å². The lowest BCUT2D eigenvalue weighted by Gasteiger charge is -2.05. The molecule has 0 aliphatic carbocycles. The Morgan fingerprint density at radius 2 is 2.00 bits per heavy atom. The zero-order valence-corrected chi connectivity index (χ0v) is 12.9. The summed E-state index contributed by atoms with van der Waals surface area (Å²) in [6.07, 6.45) is 1.58. The van der Waals surface area contributed by atoms with Crippen LogP contribution in [0.5, 0.6) is 0 Å². The lowest BCUT2D eigenvalue weighted by atomic mass is 10.3. The standard InChI is InChI=1S/C12H22N2O2S2/c1-10-8-12(17-11(10)2)9-14-18(15,16)7-5-4-6-13-3/h8,13-14H,4-7,9H2,1-3H3. The maximum absolute atomic E-state index is 11.7. The number of sulfonamides is 1. The fourth-order valence-electron chi connectivity index (χ4n) is 1.58. The van der Waals surface area contributed by atoms with E-state index in [0.29, 0.717) is 13.0 Å². The normalized spacial score (nSPS) is 11.9. The van der Waals surface area contributed by atoms with Gasteiger partial charge in [-0.3, -0.25) is 0 Å². The van der Waals surface area contributed by atoms with Crippen molar-refractivity contribution in [3.05, 3.63) is 21.4 Å². The van der Waals surface area contributed by atoms with Crippen molar-refractivity contribution in [2.45, 2.75) is 33.2 Å². The summed E-state index contributed by atoms with van der Waals surface area (Å²) in [6.45, 7) is 5.36. The molecule has 0 atom stereocenters. The van der Waals surface area contributed by atoms with Crippen molar-refractivity contribution in [1.82, 2.24) is 10.0 Å². The highest BCUT2D eigenvalue weighted by atomic mass is 32.2. The quantitative estimate of drug-likeness (QED) is 0.718. The Morgan fingerprint density at radius 1 is 1.28 bits per heavy atom. The number of hydrogen-bond donors (Lipinski definition) is 2. The molecule has 0 unspecified atom stereocenters. The summed E-state index contributed by atoms with van der Waals surface area (Å²) in [7, 11) is -1.27. The third-order valence-electron chi connectivity index (χ3n) is 2.77. The molecule has 0 radical (unpaired) electrons. The summed E-state index contributed by atoms with van der Waals surface area (Å²) >= 11 is 1.65. The average molecular weight is 290 g/mol.